The van der Waals surface area contributed by atoms with Gasteiger partial charge in [-0.1, -0.05) is 5.10 Å². The largest absolute Gasteiger partial charge is 0.403 e. The van der Waals surface area contributed by atoms with Crippen molar-refractivity contribution >= 4 is 35.0 Å². The molecular formula is C14H11N3O2S2. The highest BCUT2D eigenvalue weighted by molar-refractivity contribution is 7.98. The summed E-state index contributed by atoms with van der Waals surface area (Å²) in [6.07, 6.45) is 1.99. The van der Waals surface area contributed by atoms with Crippen LogP contribution in [-0.4, -0.2) is 22.4 Å². The molecule has 0 radical (unpaired) electrons. The third-order valence-electron chi connectivity index (χ3n) is 2.77. The molecule has 0 unspecified atom stereocenters. The second-order valence-corrected chi connectivity index (χ2v) is 5.77. The summed E-state index contributed by atoms with van der Waals surface area (Å²) in [5.41, 5.74) is 1.39. The smallest absolute Gasteiger partial charge is 0.322 e. The van der Waals surface area contributed by atoms with Crippen LogP contribution in [0, 0.1) is 0 Å². The summed E-state index contributed by atoms with van der Waals surface area (Å²) in [6.45, 7) is 0. The molecule has 2 heterocycles. The van der Waals surface area contributed by atoms with E-state index in [2.05, 4.69) is 15.5 Å². The van der Waals surface area contributed by atoms with Crippen LogP contribution in [0.1, 0.15) is 10.4 Å². The first-order valence-electron chi connectivity index (χ1n) is 6.08. The van der Waals surface area contributed by atoms with Crippen molar-refractivity contribution in [3.05, 3.63) is 46.7 Å². The molecule has 21 heavy (non-hydrogen) atoms. The molecule has 0 atom stereocenters. The van der Waals surface area contributed by atoms with Crippen LogP contribution in [-0.2, 0) is 0 Å². The molecule has 0 fully saturated rings. The summed E-state index contributed by atoms with van der Waals surface area (Å²) < 4.78 is 5.41. The highest BCUT2D eigenvalue weighted by atomic mass is 32.2. The molecular weight excluding hydrogens is 306 g/mol. The average Bonchev–Trinajstić information content (AvgIpc) is 3.18. The fourth-order valence-corrected chi connectivity index (χ4v) is 2.73. The highest BCUT2D eigenvalue weighted by Gasteiger charge is 2.12. The van der Waals surface area contributed by atoms with Crippen molar-refractivity contribution in [2.45, 2.75) is 4.90 Å². The van der Waals surface area contributed by atoms with Crippen LogP contribution < -0.4 is 5.32 Å². The van der Waals surface area contributed by atoms with Gasteiger partial charge in [-0.05, 0) is 42.0 Å². The number of carbonyl (C=O) groups excluding carboxylic acids is 1. The molecule has 0 aliphatic heterocycles. The minimum Gasteiger partial charge on any atom is -0.403 e. The van der Waals surface area contributed by atoms with Crippen molar-refractivity contribution in [1.29, 1.82) is 0 Å². The lowest BCUT2D eigenvalue weighted by Crippen LogP contribution is -2.11. The molecule has 0 aliphatic rings. The minimum absolute atomic E-state index is 0.0927. The maximum atomic E-state index is 12.1. The van der Waals surface area contributed by atoms with Crippen molar-refractivity contribution in [2.24, 2.45) is 0 Å². The van der Waals surface area contributed by atoms with Gasteiger partial charge in [-0.2, -0.15) is 11.3 Å². The third kappa shape index (κ3) is 3.14. The van der Waals surface area contributed by atoms with Gasteiger partial charge >= 0.3 is 6.01 Å². The Balaban J connectivity index is 1.72. The molecule has 0 spiro atoms. The Labute approximate surface area is 129 Å². The van der Waals surface area contributed by atoms with Crippen LogP contribution >= 0.6 is 23.1 Å². The molecule has 1 aromatic carbocycles. The van der Waals surface area contributed by atoms with Crippen molar-refractivity contribution < 1.29 is 9.21 Å². The molecule has 0 bridgehead atoms. The van der Waals surface area contributed by atoms with Gasteiger partial charge in [0.05, 0.1) is 0 Å². The quantitative estimate of drug-likeness (QED) is 0.742. The molecule has 7 heteroatoms. The first-order chi connectivity index (χ1) is 10.3. The van der Waals surface area contributed by atoms with Crippen molar-refractivity contribution in [1.82, 2.24) is 10.2 Å². The zero-order chi connectivity index (χ0) is 14.7. The van der Waals surface area contributed by atoms with E-state index >= 15 is 0 Å². The fourth-order valence-electron chi connectivity index (χ4n) is 1.69. The van der Waals surface area contributed by atoms with E-state index in [1.165, 1.54) is 0 Å². The lowest BCUT2D eigenvalue weighted by Gasteiger charge is -2.01. The van der Waals surface area contributed by atoms with Crippen LogP contribution in [0.25, 0.3) is 11.5 Å². The zero-order valence-corrected chi connectivity index (χ0v) is 12.7. The van der Waals surface area contributed by atoms with Crippen molar-refractivity contribution in [3.63, 3.8) is 0 Å². The molecule has 2 aromatic heterocycles. The topological polar surface area (TPSA) is 68.0 Å². The molecule has 106 valence electrons. The Hall–Kier alpha value is -2.12. The van der Waals surface area contributed by atoms with Gasteiger partial charge in [0.2, 0.25) is 0 Å². The summed E-state index contributed by atoms with van der Waals surface area (Å²) >= 11 is 3.16. The van der Waals surface area contributed by atoms with E-state index in [1.54, 1.807) is 35.2 Å². The number of benzene rings is 1. The second kappa shape index (κ2) is 6.11. The first kappa shape index (κ1) is 13.8. The zero-order valence-electron chi connectivity index (χ0n) is 11.1. The standard InChI is InChI=1S/C14H11N3O2S2/c1-20-11-4-2-9(3-5-11)12(18)15-14-17-16-13(19-14)10-6-7-21-8-10/h2-8H,1H3,(H,15,17,18). The Bertz CT molecular complexity index is 736. The van der Waals surface area contributed by atoms with E-state index < -0.39 is 0 Å². The van der Waals surface area contributed by atoms with E-state index in [1.807, 2.05) is 35.2 Å². The number of thiophene rings is 1. The van der Waals surface area contributed by atoms with Gasteiger partial charge in [-0.25, -0.2) is 0 Å². The molecule has 1 amide bonds. The van der Waals surface area contributed by atoms with Gasteiger partial charge in [0, 0.05) is 21.4 Å². The van der Waals surface area contributed by atoms with Crippen LogP contribution in [0.5, 0.6) is 0 Å². The third-order valence-corrected chi connectivity index (χ3v) is 4.19. The summed E-state index contributed by atoms with van der Waals surface area (Å²) in [4.78, 5) is 13.2. The lowest BCUT2D eigenvalue weighted by molar-refractivity contribution is 0.102. The Kier molecular flexibility index (Phi) is 4.03. The molecule has 3 rings (SSSR count). The van der Waals surface area contributed by atoms with E-state index in [0.717, 1.165) is 10.5 Å². The van der Waals surface area contributed by atoms with Crippen LogP contribution in [0.3, 0.4) is 0 Å². The fraction of sp³-hybridized carbons (Fsp3) is 0.0714. The van der Waals surface area contributed by atoms with Crippen LogP contribution in [0.15, 0.2) is 50.4 Å². The van der Waals surface area contributed by atoms with Gasteiger partial charge in [0.25, 0.3) is 11.8 Å². The highest BCUT2D eigenvalue weighted by Crippen LogP contribution is 2.22. The monoisotopic (exact) mass is 317 g/mol. The predicted octanol–water partition coefficient (Wildman–Crippen LogP) is 3.77. The van der Waals surface area contributed by atoms with E-state index in [4.69, 9.17) is 4.42 Å². The maximum Gasteiger partial charge on any atom is 0.322 e. The number of carbonyl (C=O) groups is 1. The lowest BCUT2D eigenvalue weighted by atomic mass is 10.2. The minimum atomic E-state index is -0.275. The molecule has 0 saturated carbocycles. The van der Waals surface area contributed by atoms with Gasteiger partial charge < -0.3 is 4.42 Å². The number of amides is 1. The summed E-state index contributed by atoms with van der Waals surface area (Å²) in [5, 5.41) is 14.1. The number of nitrogens with zero attached hydrogens (tertiary/aromatic N) is 2. The van der Waals surface area contributed by atoms with Gasteiger partial charge in [0.15, 0.2) is 0 Å². The maximum absolute atomic E-state index is 12.1. The molecule has 0 saturated heterocycles. The van der Waals surface area contributed by atoms with Crippen LogP contribution in [0.2, 0.25) is 0 Å². The second-order valence-electron chi connectivity index (χ2n) is 4.11. The number of aromatic nitrogens is 2. The molecule has 3 aromatic rings. The van der Waals surface area contributed by atoms with Gasteiger partial charge in [-0.15, -0.1) is 16.9 Å². The summed E-state index contributed by atoms with van der Waals surface area (Å²) in [5.74, 6) is 0.118. The summed E-state index contributed by atoms with van der Waals surface area (Å²) in [6, 6.07) is 9.28. The van der Waals surface area contributed by atoms with Gasteiger partial charge in [-0.3, -0.25) is 10.1 Å². The molecule has 1 N–H and O–H groups in total. The number of anilines is 1. The number of hydrogen-bond acceptors (Lipinski definition) is 6. The molecule has 0 aliphatic carbocycles. The van der Waals surface area contributed by atoms with Crippen molar-refractivity contribution in [3.8, 4) is 11.5 Å². The predicted molar refractivity (Wildman–Crippen MR) is 83.8 cm³/mol. The Morgan fingerprint density at radius 1 is 1.24 bits per heavy atom. The van der Waals surface area contributed by atoms with E-state index in [9.17, 15) is 4.79 Å². The van der Waals surface area contributed by atoms with E-state index in [-0.39, 0.29) is 11.9 Å². The number of nitrogens with one attached hydrogen (secondary N) is 1. The van der Waals surface area contributed by atoms with Gasteiger partial charge in [0.1, 0.15) is 0 Å². The SMILES string of the molecule is CSc1ccc(C(=O)Nc2nnc(-c3ccsc3)o2)cc1. The Morgan fingerprint density at radius 3 is 2.71 bits per heavy atom. The number of hydrogen-bond donors (Lipinski definition) is 1. The summed E-state index contributed by atoms with van der Waals surface area (Å²) in [7, 11) is 0. The Morgan fingerprint density at radius 2 is 2.05 bits per heavy atom. The van der Waals surface area contributed by atoms with Crippen LogP contribution in [0.4, 0.5) is 6.01 Å². The normalized spacial score (nSPS) is 10.5. The molecule has 5 nitrogen and oxygen atoms in total. The average molecular weight is 317 g/mol. The van der Waals surface area contributed by atoms with E-state index in [0.29, 0.717) is 11.5 Å². The number of thioether (sulfide) groups is 1. The number of rotatable bonds is 4. The van der Waals surface area contributed by atoms with Crippen molar-refractivity contribution in [2.75, 3.05) is 11.6 Å². The first-order valence-corrected chi connectivity index (χ1v) is 8.24.